The van der Waals surface area contributed by atoms with Crippen LogP contribution in [0.5, 0.6) is 0 Å². The van der Waals surface area contributed by atoms with Crippen LogP contribution in [-0.4, -0.2) is 22.9 Å². The maximum atomic E-state index is 6.30. The standard InChI is InChI=1S/C14H26ClN3/c1-5-9-16-10-11(3)7-8-13-14(15)12(4)17-18(13)6-2/h11,16H,5-10H2,1-4H3. The number of nitrogens with zero attached hydrogens (tertiary/aromatic N) is 2. The van der Waals surface area contributed by atoms with E-state index in [1.54, 1.807) is 0 Å². The monoisotopic (exact) mass is 271 g/mol. The lowest BCUT2D eigenvalue weighted by molar-refractivity contribution is 0.471. The van der Waals surface area contributed by atoms with Gasteiger partial charge in [0.15, 0.2) is 0 Å². The second-order valence-corrected chi connectivity index (χ2v) is 5.39. The smallest absolute Gasteiger partial charge is 0.0847 e. The molecule has 0 saturated heterocycles. The molecule has 0 aliphatic rings. The van der Waals surface area contributed by atoms with Crippen molar-refractivity contribution >= 4 is 11.6 Å². The average Bonchev–Trinajstić information content (AvgIpc) is 2.63. The van der Waals surface area contributed by atoms with Crippen LogP contribution in [0, 0.1) is 12.8 Å². The molecule has 0 spiro atoms. The summed E-state index contributed by atoms with van der Waals surface area (Å²) in [5.41, 5.74) is 2.14. The second kappa shape index (κ2) is 7.80. The summed E-state index contributed by atoms with van der Waals surface area (Å²) in [6.45, 7) is 11.7. The molecule has 1 atom stereocenters. The van der Waals surface area contributed by atoms with Gasteiger partial charge < -0.3 is 5.32 Å². The van der Waals surface area contributed by atoms with Gasteiger partial charge in [-0.2, -0.15) is 5.10 Å². The van der Waals surface area contributed by atoms with Gasteiger partial charge in [0.05, 0.1) is 16.4 Å². The minimum atomic E-state index is 0.674. The van der Waals surface area contributed by atoms with Crippen molar-refractivity contribution in [2.45, 2.75) is 53.5 Å². The Balaban J connectivity index is 2.47. The number of hydrogen-bond acceptors (Lipinski definition) is 2. The molecular weight excluding hydrogens is 246 g/mol. The van der Waals surface area contributed by atoms with E-state index in [-0.39, 0.29) is 0 Å². The van der Waals surface area contributed by atoms with Gasteiger partial charge in [-0.25, -0.2) is 0 Å². The Labute approximate surface area is 116 Å². The van der Waals surface area contributed by atoms with Crippen LogP contribution in [0.2, 0.25) is 5.02 Å². The van der Waals surface area contributed by atoms with E-state index >= 15 is 0 Å². The van der Waals surface area contributed by atoms with Gasteiger partial charge in [0.1, 0.15) is 0 Å². The van der Waals surface area contributed by atoms with Crippen molar-refractivity contribution in [1.29, 1.82) is 0 Å². The first-order valence-electron chi connectivity index (χ1n) is 7.02. The van der Waals surface area contributed by atoms with Gasteiger partial charge in [-0.3, -0.25) is 4.68 Å². The van der Waals surface area contributed by atoms with E-state index < -0.39 is 0 Å². The van der Waals surface area contributed by atoms with Gasteiger partial charge in [0.2, 0.25) is 0 Å². The predicted octanol–water partition coefficient (Wildman–Crippen LogP) is 3.43. The van der Waals surface area contributed by atoms with Crippen molar-refractivity contribution in [3.8, 4) is 0 Å². The highest BCUT2D eigenvalue weighted by atomic mass is 35.5. The van der Waals surface area contributed by atoms with Crippen LogP contribution in [0.25, 0.3) is 0 Å². The largest absolute Gasteiger partial charge is 0.316 e. The highest BCUT2D eigenvalue weighted by Crippen LogP contribution is 2.22. The van der Waals surface area contributed by atoms with Gasteiger partial charge in [-0.15, -0.1) is 0 Å². The highest BCUT2D eigenvalue weighted by molar-refractivity contribution is 6.31. The summed E-state index contributed by atoms with van der Waals surface area (Å²) in [6, 6.07) is 0. The van der Waals surface area contributed by atoms with Crippen LogP contribution in [-0.2, 0) is 13.0 Å². The lowest BCUT2D eigenvalue weighted by Gasteiger charge is -2.13. The molecule has 1 aromatic rings. The Bertz CT molecular complexity index is 360. The molecule has 0 saturated carbocycles. The molecule has 0 aromatic carbocycles. The van der Waals surface area contributed by atoms with Crippen LogP contribution < -0.4 is 5.32 Å². The fourth-order valence-electron chi connectivity index (χ4n) is 2.12. The van der Waals surface area contributed by atoms with Crippen LogP contribution in [0.15, 0.2) is 0 Å². The molecule has 1 aromatic heterocycles. The van der Waals surface area contributed by atoms with Crippen molar-refractivity contribution < 1.29 is 0 Å². The molecule has 0 radical (unpaired) electrons. The number of aromatic nitrogens is 2. The Morgan fingerprint density at radius 1 is 1.39 bits per heavy atom. The van der Waals surface area contributed by atoms with E-state index in [1.807, 2.05) is 11.6 Å². The minimum Gasteiger partial charge on any atom is -0.316 e. The first kappa shape index (κ1) is 15.5. The summed E-state index contributed by atoms with van der Waals surface area (Å²) in [5, 5.41) is 8.77. The van der Waals surface area contributed by atoms with Crippen LogP contribution >= 0.6 is 11.6 Å². The summed E-state index contributed by atoms with van der Waals surface area (Å²) >= 11 is 6.30. The first-order chi connectivity index (χ1) is 8.60. The normalized spacial score (nSPS) is 12.9. The summed E-state index contributed by atoms with van der Waals surface area (Å²) in [6.07, 6.45) is 3.37. The first-order valence-corrected chi connectivity index (χ1v) is 7.40. The van der Waals surface area contributed by atoms with E-state index in [0.29, 0.717) is 5.92 Å². The lowest BCUT2D eigenvalue weighted by atomic mass is 10.0. The molecule has 1 rings (SSSR count). The van der Waals surface area contributed by atoms with Gasteiger partial charge >= 0.3 is 0 Å². The molecule has 18 heavy (non-hydrogen) atoms. The topological polar surface area (TPSA) is 29.9 Å². The molecule has 0 aliphatic carbocycles. The molecule has 104 valence electrons. The Hall–Kier alpha value is -0.540. The van der Waals surface area contributed by atoms with Crippen molar-refractivity contribution in [3.05, 3.63) is 16.4 Å². The van der Waals surface area contributed by atoms with Crippen molar-refractivity contribution in [2.75, 3.05) is 13.1 Å². The third kappa shape index (κ3) is 4.29. The Morgan fingerprint density at radius 2 is 2.11 bits per heavy atom. The second-order valence-electron chi connectivity index (χ2n) is 5.01. The Kier molecular flexibility index (Phi) is 6.72. The molecule has 1 N–H and O–H groups in total. The zero-order valence-electron chi connectivity index (χ0n) is 12.1. The van der Waals surface area contributed by atoms with Crippen molar-refractivity contribution in [2.24, 2.45) is 5.92 Å². The fraction of sp³-hybridized carbons (Fsp3) is 0.786. The summed E-state index contributed by atoms with van der Waals surface area (Å²) in [7, 11) is 0. The number of nitrogens with one attached hydrogen (secondary N) is 1. The third-order valence-corrected chi connectivity index (χ3v) is 3.74. The molecule has 0 aliphatic heterocycles. The van der Waals surface area contributed by atoms with Gasteiger partial charge in [0, 0.05) is 6.54 Å². The Morgan fingerprint density at radius 3 is 2.72 bits per heavy atom. The van der Waals surface area contributed by atoms with E-state index in [4.69, 9.17) is 11.6 Å². The molecule has 1 heterocycles. The molecule has 0 amide bonds. The van der Waals surface area contributed by atoms with Crippen LogP contribution in [0.1, 0.15) is 45.0 Å². The maximum absolute atomic E-state index is 6.30. The van der Waals surface area contributed by atoms with Gasteiger partial charge in [-0.1, -0.05) is 25.4 Å². The van der Waals surface area contributed by atoms with Crippen LogP contribution in [0.4, 0.5) is 0 Å². The molecule has 1 unspecified atom stereocenters. The van der Waals surface area contributed by atoms with E-state index in [2.05, 4.69) is 31.2 Å². The maximum Gasteiger partial charge on any atom is 0.0847 e. The fourth-order valence-corrected chi connectivity index (χ4v) is 2.35. The van der Waals surface area contributed by atoms with E-state index in [0.717, 1.165) is 43.2 Å². The van der Waals surface area contributed by atoms with E-state index in [1.165, 1.54) is 12.1 Å². The summed E-state index contributed by atoms with van der Waals surface area (Å²) < 4.78 is 2.03. The lowest BCUT2D eigenvalue weighted by Crippen LogP contribution is -2.22. The molecular formula is C14H26ClN3. The summed E-state index contributed by atoms with van der Waals surface area (Å²) in [4.78, 5) is 0. The van der Waals surface area contributed by atoms with Gasteiger partial charge in [-0.05, 0) is 52.1 Å². The zero-order valence-corrected chi connectivity index (χ0v) is 12.8. The zero-order chi connectivity index (χ0) is 13.5. The van der Waals surface area contributed by atoms with Gasteiger partial charge in [0.25, 0.3) is 0 Å². The number of rotatable bonds is 8. The number of aryl methyl sites for hydroxylation is 2. The third-order valence-electron chi connectivity index (χ3n) is 3.25. The predicted molar refractivity (Wildman–Crippen MR) is 78.3 cm³/mol. The van der Waals surface area contributed by atoms with Crippen molar-refractivity contribution in [1.82, 2.24) is 15.1 Å². The SMILES string of the molecule is CCCNCC(C)CCc1c(Cl)c(C)nn1CC. The highest BCUT2D eigenvalue weighted by Gasteiger charge is 2.13. The van der Waals surface area contributed by atoms with Crippen LogP contribution in [0.3, 0.4) is 0 Å². The molecule has 0 bridgehead atoms. The molecule has 4 heteroatoms. The van der Waals surface area contributed by atoms with E-state index in [9.17, 15) is 0 Å². The summed E-state index contributed by atoms with van der Waals surface area (Å²) in [5.74, 6) is 0.674. The number of halogens is 1. The molecule has 0 fully saturated rings. The average molecular weight is 272 g/mol. The number of hydrogen-bond donors (Lipinski definition) is 1. The minimum absolute atomic E-state index is 0.674. The van der Waals surface area contributed by atoms with Crippen molar-refractivity contribution in [3.63, 3.8) is 0 Å². The molecule has 3 nitrogen and oxygen atoms in total. The quantitative estimate of drug-likeness (QED) is 0.734.